The molecular formula is C17H23F3N4O2. The summed E-state index contributed by atoms with van der Waals surface area (Å²) in [7, 11) is 1.46. The highest BCUT2D eigenvalue weighted by Crippen LogP contribution is 2.44. The fourth-order valence-corrected chi connectivity index (χ4v) is 2.48. The van der Waals surface area contributed by atoms with E-state index in [1.165, 1.54) is 16.6 Å². The van der Waals surface area contributed by atoms with Gasteiger partial charge in [0.1, 0.15) is 5.56 Å². The number of anilines is 1. The molecule has 0 unspecified atom stereocenters. The van der Waals surface area contributed by atoms with Crippen molar-refractivity contribution in [3.05, 3.63) is 29.7 Å². The number of hydrogen-bond donors (Lipinski definition) is 1. The Morgan fingerprint density at radius 1 is 1.19 bits per heavy atom. The zero-order valence-corrected chi connectivity index (χ0v) is 15.4. The number of aliphatic hydroxyl groups excluding tert-OH is 1. The summed E-state index contributed by atoms with van der Waals surface area (Å²) in [6.07, 6.45) is -0.960. The number of aryl methyl sites for hydroxylation is 1. The Kier molecular flexibility index (Phi) is 5.50. The molecule has 0 aliphatic heterocycles. The lowest BCUT2D eigenvalue weighted by Gasteiger charge is -2.26. The van der Waals surface area contributed by atoms with Gasteiger partial charge >= 0.3 is 6.18 Å². The van der Waals surface area contributed by atoms with E-state index in [0.717, 1.165) is 12.4 Å². The van der Waals surface area contributed by atoms with Crippen LogP contribution in [0.2, 0.25) is 0 Å². The number of hydrogen-bond acceptors (Lipinski definition) is 5. The van der Waals surface area contributed by atoms with Crippen LogP contribution in [0.25, 0.3) is 0 Å². The summed E-state index contributed by atoms with van der Waals surface area (Å²) in [6.45, 7) is 7.09. The van der Waals surface area contributed by atoms with Crippen molar-refractivity contribution in [3.63, 3.8) is 0 Å². The fourth-order valence-electron chi connectivity index (χ4n) is 2.48. The summed E-state index contributed by atoms with van der Waals surface area (Å²) < 4.78 is 48.5. The van der Waals surface area contributed by atoms with Gasteiger partial charge in [-0.25, -0.2) is 4.68 Å². The van der Waals surface area contributed by atoms with Crippen LogP contribution in [0, 0.1) is 6.92 Å². The van der Waals surface area contributed by atoms with E-state index in [-0.39, 0.29) is 24.7 Å². The number of ether oxygens (including phenoxy) is 1. The third-order valence-electron chi connectivity index (χ3n) is 3.76. The van der Waals surface area contributed by atoms with E-state index >= 15 is 0 Å². The van der Waals surface area contributed by atoms with Gasteiger partial charge in [-0.15, -0.1) is 0 Å². The van der Waals surface area contributed by atoms with Gasteiger partial charge in [0, 0.05) is 19.2 Å². The van der Waals surface area contributed by atoms with Crippen LogP contribution in [-0.2, 0) is 11.7 Å². The smallest absolute Gasteiger partial charge is 0.422 e. The molecular weight excluding hydrogens is 349 g/mol. The fraction of sp³-hybridized carbons (Fsp3) is 0.529. The van der Waals surface area contributed by atoms with E-state index in [2.05, 4.69) is 10.1 Å². The number of nitrogens with zero attached hydrogens (tertiary/aromatic N) is 4. The van der Waals surface area contributed by atoms with Gasteiger partial charge < -0.3 is 14.7 Å². The zero-order chi connectivity index (χ0) is 19.7. The summed E-state index contributed by atoms with van der Waals surface area (Å²) in [4.78, 5) is 5.17. The summed E-state index contributed by atoms with van der Waals surface area (Å²) in [5.41, 5.74) is -0.962. The van der Waals surface area contributed by atoms with E-state index in [1.807, 2.05) is 20.8 Å². The molecule has 0 atom stereocenters. The van der Waals surface area contributed by atoms with E-state index in [9.17, 15) is 13.2 Å². The molecule has 0 bridgehead atoms. The molecule has 0 fully saturated rings. The molecule has 0 aliphatic carbocycles. The van der Waals surface area contributed by atoms with Crippen LogP contribution < -0.4 is 9.64 Å². The van der Waals surface area contributed by atoms with Gasteiger partial charge in [0.15, 0.2) is 5.75 Å². The lowest BCUT2D eigenvalue weighted by Crippen LogP contribution is -2.26. The van der Waals surface area contributed by atoms with Crippen molar-refractivity contribution in [2.45, 2.75) is 39.4 Å². The quantitative estimate of drug-likeness (QED) is 0.869. The molecule has 0 radical (unpaired) electrons. The molecule has 1 N–H and O–H groups in total. The Hall–Kier alpha value is -2.29. The lowest BCUT2D eigenvalue weighted by atomic mass is 10.1. The second-order valence-electron chi connectivity index (χ2n) is 6.99. The predicted octanol–water partition coefficient (Wildman–Crippen LogP) is 3.58. The highest BCUT2D eigenvalue weighted by Gasteiger charge is 2.39. The Bertz CT molecular complexity index is 766. The molecule has 2 aromatic rings. The minimum Gasteiger partial charge on any atom is -0.437 e. The van der Waals surface area contributed by atoms with Crippen molar-refractivity contribution in [3.8, 4) is 11.6 Å². The van der Waals surface area contributed by atoms with E-state index in [4.69, 9.17) is 9.84 Å². The van der Waals surface area contributed by atoms with Crippen molar-refractivity contribution in [2.24, 2.45) is 0 Å². The lowest BCUT2D eigenvalue weighted by molar-refractivity contribution is -0.138. The van der Waals surface area contributed by atoms with Gasteiger partial charge in [0.05, 0.1) is 36.4 Å². The van der Waals surface area contributed by atoms with Crippen LogP contribution in [0.1, 0.15) is 31.9 Å². The number of aliphatic hydroxyl groups is 1. The van der Waals surface area contributed by atoms with Crippen molar-refractivity contribution >= 4 is 5.69 Å². The molecule has 2 heterocycles. The van der Waals surface area contributed by atoms with Crippen LogP contribution in [0.5, 0.6) is 11.6 Å². The average molecular weight is 372 g/mol. The largest absolute Gasteiger partial charge is 0.437 e. The first kappa shape index (κ1) is 20.0. The first-order valence-electron chi connectivity index (χ1n) is 8.07. The number of alkyl halides is 3. The first-order valence-corrected chi connectivity index (χ1v) is 8.07. The maximum atomic E-state index is 13.8. The molecule has 2 rings (SSSR count). The monoisotopic (exact) mass is 372 g/mol. The molecule has 0 amide bonds. The van der Waals surface area contributed by atoms with Gasteiger partial charge in [0.25, 0.3) is 0 Å². The third-order valence-corrected chi connectivity index (χ3v) is 3.76. The summed E-state index contributed by atoms with van der Waals surface area (Å²) >= 11 is 0. The molecule has 6 nitrogen and oxygen atoms in total. The molecule has 9 heteroatoms. The molecule has 2 aromatic heterocycles. The SMILES string of the molecule is Cc1cnn(C(C)(C)C)c1Oc1cncc(N(C)CCO)c1C(F)(F)F. The Morgan fingerprint density at radius 3 is 2.38 bits per heavy atom. The van der Waals surface area contributed by atoms with Crippen LogP contribution in [0.3, 0.4) is 0 Å². The van der Waals surface area contributed by atoms with Crippen molar-refractivity contribution in [1.29, 1.82) is 0 Å². The second kappa shape index (κ2) is 7.14. The Labute approximate surface area is 150 Å². The topological polar surface area (TPSA) is 63.4 Å². The highest BCUT2D eigenvalue weighted by molar-refractivity contribution is 5.59. The molecule has 26 heavy (non-hydrogen) atoms. The highest BCUT2D eigenvalue weighted by atomic mass is 19.4. The Balaban J connectivity index is 2.58. The number of likely N-dealkylation sites (N-methyl/N-ethyl adjacent to an activating group) is 1. The molecule has 0 aromatic carbocycles. The van der Waals surface area contributed by atoms with Crippen molar-refractivity contribution < 1.29 is 23.0 Å². The third kappa shape index (κ3) is 4.09. The second-order valence-corrected chi connectivity index (χ2v) is 6.99. The minimum absolute atomic E-state index is 0.0349. The molecule has 0 aliphatic rings. The number of aromatic nitrogens is 3. The van der Waals surface area contributed by atoms with Crippen LogP contribution >= 0.6 is 0 Å². The normalized spacial score (nSPS) is 12.3. The summed E-state index contributed by atoms with van der Waals surface area (Å²) in [5, 5.41) is 13.3. The van der Waals surface area contributed by atoms with Gasteiger partial charge in [-0.05, 0) is 27.7 Å². The molecule has 0 spiro atoms. The van der Waals surface area contributed by atoms with Gasteiger partial charge in [-0.2, -0.15) is 18.3 Å². The number of rotatable bonds is 5. The molecule has 0 saturated carbocycles. The predicted molar refractivity (Wildman–Crippen MR) is 91.6 cm³/mol. The zero-order valence-electron chi connectivity index (χ0n) is 15.4. The van der Waals surface area contributed by atoms with Gasteiger partial charge in [-0.1, -0.05) is 0 Å². The van der Waals surface area contributed by atoms with Crippen LogP contribution in [-0.4, -0.2) is 40.1 Å². The average Bonchev–Trinajstić information content (AvgIpc) is 2.87. The van der Waals surface area contributed by atoms with E-state index < -0.39 is 23.0 Å². The van der Waals surface area contributed by atoms with Gasteiger partial charge in [0.2, 0.25) is 5.88 Å². The van der Waals surface area contributed by atoms with E-state index in [1.54, 1.807) is 13.1 Å². The van der Waals surface area contributed by atoms with E-state index in [0.29, 0.717) is 5.56 Å². The summed E-state index contributed by atoms with van der Waals surface area (Å²) in [5.74, 6) is -0.180. The Morgan fingerprint density at radius 2 is 1.85 bits per heavy atom. The maximum absolute atomic E-state index is 13.8. The van der Waals surface area contributed by atoms with Crippen molar-refractivity contribution in [2.75, 3.05) is 25.1 Å². The number of pyridine rings is 1. The first-order chi connectivity index (χ1) is 12.0. The summed E-state index contributed by atoms with van der Waals surface area (Å²) in [6, 6.07) is 0. The van der Waals surface area contributed by atoms with Crippen LogP contribution in [0.4, 0.5) is 18.9 Å². The number of halogens is 3. The molecule has 144 valence electrons. The van der Waals surface area contributed by atoms with Crippen molar-refractivity contribution in [1.82, 2.24) is 14.8 Å². The molecule has 0 saturated heterocycles. The minimum atomic E-state index is -4.65. The van der Waals surface area contributed by atoms with Gasteiger partial charge in [-0.3, -0.25) is 4.98 Å². The standard InChI is InChI=1S/C17H23F3N4O2/c1-11-8-22-24(16(2,3)4)15(11)26-13-10-21-9-12(23(5)6-7-25)14(13)17(18,19)20/h8-10,25H,6-7H2,1-5H3. The maximum Gasteiger partial charge on any atom is 0.422 e. The van der Waals surface area contributed by atoms with Crippen LogP contribution in [0.15, 0.2) is 18.6 Å².